The monoisotopic (exact) mass is 347 g/mol. The highest BCUT2D eigenvalue weighted by Gasteiger charge is 2.29. The quantitative estimate of drug-likeness (QED) is 0.770. The second-order valence-electron chi connectivity index (χ2n) is 6.38. The van der Waals surface area contributed by atoms with E-state index in [-0.39, 0.29) is 0 Å². The molecule has 0 radical (unpaired) electrons. The van der Waals surface area contributed by atoms with Gasteiger partial charge >= 0.3 is 6.03 Å². The van der Waals surface area contributed by atoms with Gasteiger partial charge < -0.3 is 11.5 Å². The second-order valence-corrected chi connectivity index (χ2v) is 7.40. The second kappa shape index (κ2) is 6.27. The fourth-order valence-electron chi connectivity index (χ4n) is 3.06. The van der Waals surface area contributed by atoms with Crippen molar-refractivity contribution in [3.63, 3.8) is 0 Å². The molecule has 5 N–H and O–H groups in total. The van der Waals surface area contributed by atoms with Crippen molar-refractivity contribution in [3.8, 4) is 10.4 Å². The lowest BCUT2D eigenvalue weighted by Gasteiger charge is -2.16. The van der Waals surface area contributed by atoms with E-state index in [1.807, 2.05) is 10.9 Å². The van der Waals surface area contributed by atoms with E-state index in [9.17, 15) is 9.59 Å². The Hall–Kier alpha value is -2.35. The summed E-state index contributed by atoms with van der Waals surface area (Å²) < 4.78 is 2.04. The van der Waals surface area contributed by atoms with Crippen LogP contribution in [0, 0.1) is 5.92 Å². The summed E-state index contributed by atoms with van der Waals surface area (Å²) in [7, 11) is 0. The molecule has 24 heavy (non-hydrogen) atoms. The highest BCUT2D eigenvalue weighted by Crippen LogP contribution is 2.45. The first-order valence-corrected chi connectivity index (χ1v) is 8.77. The average molecular weight is 347 g/mol. The van der Waals surface area contributed by atoms with Crippen molar-refractivity contribution < 1.29 is 9.59 Å². The van der Waals surface area contributed by atoms with Crippen LogP contribution in [0.5, 0.6) is 0 Å². The Morgan fingerprint density at radius 3 is 2.75 bits per heavy atom. The first kappa shape index (κ1) is 16.5. The highest BCUT2D eigenvalue weighted by atomic mass is 32.1. The van der Waals surface area contributed by atoms with Crippen LogP contribution in [0.25, 0.3) is 10.4 Å². The molecule has 0 unspecified atom stereocenters. The molecule has 0 spiro atoms. The zero-order valence-corrected chi connectivity index (χ0v) is 14.6. The number of carbonyl (C=O) groups excluding carboxylic acids is 2. The van der Waals surface area contributed by atoms with Crippen molar-refractivity contribution in [1.29, 1.82) is 0 Å². The smallest absolute Gasteiger partial charge is 0.317 e. The maximum atomic E-state index is 11.8. The van der Waals surface area contributed by atoms with E-state index in [2.05, 4.69) is 24.3 Å². The zero-order chi connectivity index (χ0) is 17.4. The molecule has 8 heteroatoms. The Labute approximate surface area is 144 Å². The number of nitrogens with zero attached hydrogens (tertiary/aromatic N) is 2. The summed E-state index contributed by atoms with van der Waals surface area (Å²) in [4.78, 5) is 24.0. The molecule has 0 bridgehead atoms. The Morgan fingerprint density at radius 1 is 1.38 bits per heavy atom. The summed E-state index contributed by atoms with van der Waals surface area (Å²) >= 11 is 1.33. The molecule has 1 aliphatic rings. The maximum Gasteiger partial charge on any atom is 0.317 e. The summed E-state index contributed by atoms with van der Waals surface area (Å²) in [6, 6.07) is -0.705. The van der Waals surface area contributed by atoms with Gasteiger partial charge in [0.05, 0.1) is 11.8 Å². The van der Waals surface area contributed by atoms with Gasteiger partial charge in [0.15, 0.2) is 0 Å². The van der Waals surface area contributed by atoms with Crippen LogP contribution in [0.15, 0.2) is 6.20 Å². The van der Waals surface area contributed by atoms with Gasteiger partial charge in [-0.1, -0.05) is 13.8 Å². The summed E-state index contributed by atoms with van der Waals surface area (Å²) in [5.41, 5.74) is 14.2. The minimum absolute atomic E-state index is 0.370. The molecule has 0 aromatic carbocycles. The molecule has 2 aromatic rings. The summed E-state index contributed by atoms with van der Waals surface area (Å²) in [5, 5.41) is 7.45. The molecule has 3 rings (SSSR count). The number of hydrogen-bond acceptors (Lipinski definition) is 4. The number of amides is 3. The highest BCUT2D eigenvalue weighted by molar-refractivity contribution is 7.20. The van der Waals surface area contributed by atoms with Crippen LogP contribution in [-0.4, -0.2) is 21.7 Å². The van der Waals surface area contributed by atoms with Gasteiger partial charge in [0.2, 0.25) is 0 Å². The number of rotatable bonds is 5. The fourth-order valence-corrected chi connectivity index (χ4v) is 4.35. The first-order valence-electron chi connectivity index (χ1n) is 7.95. The molecule has 2 aromatic heterocycles. The number of hydrogen-bond donors (Lipinski definition) is 3. The predicted molar refractivity (Wildman–Crippen MR) is 94.1 cm³/mol. The molecule has 2 heterocycles. The molecule has 0 saturated heterocycles. The van der Waals surface area contributed by atoms with Gasteiger partial charge in [-0.25, -0.2) is 4.79 Å². The largest absolute Gasteiger partial charge is 0.365 e. The minimum atomic E-state index is -0.705. The number of carbonyl (C=O) groups is 2. The lowest BCUT2D eigenvalue weighted by atomic mass is 9.93. The average Bonchev–Trinajstić information content (AvgIpc) is 3.04. The predicted octanol–water partition coefficient (Wildman–Crippen LogP) is 2.35. The molecular weight excluding hydrogens is 326 g/mol. The molecule has 3 amide bonds. The van der Waals surface area contributed by atoms with Gasteiger partial charge in [0.1, 0.15) is 5.00 Å². The van der Waals surface area contributed by atoms with E-state index in [4.69, 9.17) is 11.5 Å². The van der Waals surface area contributed by atoms with Crippen molar-refractivity contribution in [3.05, 3.63) is 23.0 Å². The normalized spacial score (nSPS) is 12.8. The summed E-state index contributed by atoms with van der Waals surface area (Å²) in [6.45, 7) is 5.26. The Balaban J connectivity index is 2.03. The minimum Gasteiger partial charge on any atom is -0.365 e. The molecule has 0 saturated carbocycles. The van der Waals surface area contributed by atoms with Crippen molar-refractivity contribution >= 4 is 28.3 Å². The van der Waals surface area contributed by atoms with Crippen LogP contribution in [0.1, 0.15) is 41.9 Å². The van der Waals surface area contributed by atoms with Crippen LogP contribution < -0.4 is 16.8 Å². The molecular formula is C16H21N5O2S. The van der Waals surface area contributed by atoms with E-state index in [0.29, 0.717) is 22.9 Å². The van der Waals surface area contributed by atoms with E-state index < -0.39 is 11.9 Å². The number of nitrogens with two attached hydrogens (primary N) is 2. The van der Waals surface area contributed by atoms with E-state index in [1.165, 1.54) is 17.0 Å². The van der Waals surface area contributed by atoms with Gasteiger partial charge in [0, 0.05) is 22.7 Å². The lowest BCUT2D eigenvalue weighted by molar-refractivity contribution is 0.100. The van der Waals surface area contributed by atoms with Gasteiger partial charge in [-0.2, -0.15) is 5.10 Å². The number of urea groups is 1. The molecule has 0 fully saturated rings. The number of aryl methyl sites for hydroxylation is 1. The maximum absolute atomic E-state index is 11.8. The molecule has 1 aliphatic carbocycles. The molecule has 7 nitrogen and oxygen atoms in total. The third-order valence-electron chi connectivity index (χ3n) is 4.21. The van der Waals surface area contributed by atoms with Crippen LogP contribution in [0.2, 0.25) is 0 Å². The van der Waals surface area contributed by atoms with Crippen LogP contribution in [0.4, 0.5) is 9.80 Å². The molecule has 0 aliphatic heterocycles. The number of nitrogens with one attached hydrogen (secondary N) is 1. The molecule has 128 valence electrons. The van der Waals surface area contributed by atoms with Gasteiger partial charge in [-0.05, 0) is 30.7 Å². The van der Waals surface area contributed by atoms with Crippen LogP contribution in [0.3, 0.4) is 0 Å². The number of aromatic nitrogens is 2. The standard InChI is InChI=1S/C16H21N5O2S/c1-8(2)5-6-21-11-4-3-9-12(14(17)22)15(20-16(18)23)24-13(9)10(11)7-19-21/h7-8H,3-6H2,1-2H3,(H2,17,22)(H3,18,20,23). The Morgan fingerprint density at radius 2 is 2.12 bits per heavy atom. The van der Waals surface area contributed by atoms with Crippen molar-refractivity contribution in [2.24, 2.45) is 17.4 Å². The third kappa shape index (κ3) is 2.89. The van der Waals surface area contributed by atoms with Gasteiger partial charge in [-0.3, -0.25) is 14.8 Å². The summed E-state index contributed by atoms with van der Waals surface area (Å²) in [6.07, 6.45) is 4.40. The lowest BCUT2D eigenvalue weighted by Crippen LogP contribution is -2.22. The van der Waals surface area contributed by atoms with Crippen LogP contribution >= 0.6 is 11.3 Å². The Kier molecular flexibility index (Phi) is 4.31. The van der Waals surface area contributed by atoms with Crippen LogP contribution in [-0.2, 0) is 19.4 Å². The van der Waals surface area contributed by atoms with Crippen molar-refractivity contribution in [1.82, 2.24) is 9.78 Å². The number of thiophene rings is 1. The van der Waals surface area contributed by atoms with Crippen molar-refractivity contribution in [2.45, 2.75) is 39.7 Å². The fraction of sp³-hybridized carbons (Fsp3) is 0.438. The van der Waals surface area contributed by atoms with Gasteiger partial charge in [0.25, 0.3) is 5.91 Å². The number of anilines is 1. The van der Waals surface area contributed by atoms with E-state index >= 15 is 0 Å². The first-order chi connectivity index (χ1) is 11.4. The Bertz CT molecular complexity index is 806. The van der Waals surface area contributed by atoms with Gasteiger partial charge in [-0.15, -0.1) is 11.3 Å². The van der Waals surface area contributed by atoms with Crippen molar-refractivity contribution in [2.75, 3.05) is 5.32 Å². The topological polar surface area (TPSA) is 116 Å². The zero-order valence-electron chi connectivity index (χ0n) is 13.8. The van der Waals surface area contributed by atoms with E-state index in [0.717, 1.165) is 35.4 Å². The third-order valence-corrected chi connectivity index (χ3v) is 5.39. The summed E-state index contributed by atoms with van der Waals surface area (Å²) in [5.74, 6) is 0.0606. The SMILES string of the molecule is CC(C)CCn1ncc2c1CCc1c-2sc(NC(N)=O)c1C(N)=O. The van der Waals surface area contributed by atoms with E-state index in [1.54, 1.807) is 0 Å². The molecule has 0 atom stereocenters. The number of primary amides is 2. The number of fused-ring (bicyclic) bond motifs is 3.